The lowest BCUT2D eigenvalue weighted by Gasteiger charge is -2.19. The molecule has 0 fully saturated rings. The maximum absolute atomic E-state index is 13.7. The highest BCUT2D eigenvalue weighted by molar-refractivity contribution is 8.00. The zero-order valence-electron chi connectivity index (χ0n) is 14.6. The Hall–Kier alpha value is -2.66. The number of carbonyl (C=O) groups is 1. The number of hydrogen-bond donors (Lipinski definition) is 1. The van der Waals surface area contributed by atoms with Crippen LogP contribution >= 0.6 is 11.8 Å². The summed E-state index contributed by atoms with van der Waals surface area (Å²) in [5, 5.41) is 3.03. The van der Waals surface area contributed by atoms with E-state index in [-0.39, 0.29) is 22.6 Å². The number of amides is 1. The third-order valence-electron chi connectivity index (χ3n) is 4.07. The third kappa shape index (κ3) is 5.66. The number of hydrogen-bond acceptors (Lipinski definition) is 2. The minimum Gasteiger partial charge on any atom is -0.348 e. The number of halogens is 2. The van der Waals surface area contributed by atoms with E-state index in [0.29, 0.717) is 6.42 Å². The molecule has 0 aliphatic rings. The minimum absolute atomic E-state index is 0.0562. The molecule has 2 nitrogen and oxygen atoms in total. The van der Waals surface area contributed by atoms with Crippen molar-refractivity contribution in [2.75, 3.05) is 5.75 Å². The molecular weight excluding hydrogens is 364 g/mol. The highest BCUT2D eigenvalue weighted by Crippen LogP contribution is 2.23. The molecular formula is C22H19F2NOS. The van der Waals surface area contributed by atoms with Gasteiger partial charge in [-0.25, -0.2) is 8.78 Å². The summed E-state index contributed by atoms with van der Waals surface area (Å²) in [6.07, 6.45) is 0.659. The predicted molar refractivity (Wildman–Crippen MR) is 105 cm³/mol. The second kappa shape index (κ2) is 9.33. The molecule has 0 spiro atoms. The van der Waals surface area contributed by atoms with E-state index in [1.807, 2.05) is 60.7 Å². The van der Waals surface area contributed by atoms with Crippen molar-refractivity contribution in [1.29, 1.82) is 0 Å². The SMILES string of the molecule is O=C(CSc1ccc(F)cc1F)NC(Cc1ccccc1)c1ccccc1. The Morgan fingerprint density at radius 1 is 0.926 bits per heavy atom. The second-order valence-corrected chi connectivity index (χ2v) is 7.10. The molecule has 0 bridgehead atoms. The van der Waals surface area contributed by atoms with Crippen molar-refractivity contribution in [3.05, 3.63) is 102 Å². The summed E-state index contributed by atoms with van der Waals surface area (Å²) in [7, 11) is 0. The van der Waals surface area contributed by atoms with Crippen LogP contribution in [0.15, 0.2) is 83.8 Å². The average Bonchev–Trinajstić information content (AvgIpc) is 2.68. The van der Waals surface area contributed by atoms with Gasteiger partial charge >= 0.3 is 0 Å². The number of rotatable bonds is 7. The van der Waals surface area contributed by atoms with E-state index in [9.17, 15) is 13.6 Å². The number of thioether (sulfide) groups is 1. The second-order valence-electron chi connectivity index (χ2n) is 6.08. The van der Waals surface area contributed by atoms with Crippen LogP contribution in [0.2, 0.25) is 0 Å². The molecule has 0 saturated carbocycles. The van der Waals surface area contributed by atoms with Gasteiger partial charge in [0, 0.05) is 11.0 Å². The van der Waals surface area contributed by atoms with Crippen LogP contribution in [0.1, 0.15) is 17.2 Å². The minimum atomic E-state index is -0.656. The van der Waals surface area contributed by atoms with Crippen molar-refractivity contribution in [1.82, 2.24) is 5.32 Å². The fourth-order valence-corrected chi connectivity index (χ4v) is 3.49. The van der Waals surface area contributed by atoms with E-state index >= 15 is 0 Å². The molecule has 0 aromatic heterocycles. The summed E-state index contributed by atoms with van der Waals surface area (Å²) >= 11 is 1.05. The first-order valence-electron chi connectivity index (χ1n) is 8.58. The lowest BCUT2D eigenvalue weighted by Crippen LogP contribution is -2.31. The Labute approximate surface area is 161 Å². The van der Waals surface area contributed by atoms with E-state index < -0.39 is 11.6 Å². The van der Waals surface area contributed by atoms with Crippen molar-refractivity contribution in [2.24, 2.45) is 0 Å². The first kappa shape index (κ1) is 19.1. The third-order valence-corrected chi connectivity index (χ3v) is 5.12. The lowest BCUT2D eigenvalue weighted by atomic mass is 9.99. The van der Waals surface area contributed by atoms with Gasteiger partial charge in [-0.3, -0.25) is 4.79 Å². The molecule has 5 heteroatoms. The summed E-state index contributed by atoms with van der Waals surface area (Å²) in [6.45, 7) is 0. The highest BCUT2D eigenvalue weighted by atomic mass is 32.2. The van der Waals surface area contributed by atoms with Gasteiger partial charge in [0.05, 0.1) is 11.8 Å². The molecule has 1 unspecified atom stereocenters. The Morgan fingerprint density at radius 3 is 2.26 bits per heavy atom. The average molecular weight is 383 g/mol. The maximum atomic E-state index is 13.7. The first-order valence-corrected chi connectivity index (χ1v) is 9.56. The fraction of sp³-hybridized carbons (Fsp3) is 0.136. The van der Waals surface area contributed by atoms with Crippen molar-refractivity contribution in [3.63, 3.8) is 0 Å². The number of benzene rings is 3. The van der Waals surface area contributed by atoms with Crippen molar-refractivity contribution >= 4 is 17.7 Å². The molecule has 0 aliphatic heterocycles. The van der Waals surface area contributed by atoms with Gasteiger partial charge in [0.15, 0.2) is 0 Å². The largest absolute Gasteiger partial charge is 0.348 e. The van der Waals surface area contributed by atoms with Crippen LogP contribution in [0.3, 0.4) is 0 Å². The molecule has 1 N–H and O–H groups in total. The molecule has 3 rings (SSSR count). The topological polar surface area (TPSA) is 29.1 Å². The molecule has 1 atom stereocenters. The summed E-state index contributed by atoms with van der Waals surface area (Å²) < 4.78 is 26.7. The van der Waals surface area contributed by atoms with Crippen LogP contribution in [0, 0.1) is 11.6 Å². The maximum Gasteiger partial charge on any atom is 0.230 e. The van der Waals surface area contributed by atoms with Gasteiger partial charge in [0.25, 0.3) is 0 Å². The molecule has 3 aromatic rings. The lowest BCUT2D eigenvalue weighted by molar-refractivity contribution is -0.119. The Morgan fingerprint density at radius 2 is 1.59 bits per heavy atom. The molecule has 0 saturated heterocycles. The van der Waals surface area contributed by atoms with E-state index in [2.05, 4.69) is 5.32 Å². The highest BCUT2D eigenvalue weighted by Gasteiger charge is 2.16. The van der Waals surface area contributed by atoms with E-state index in [4.69, 9.17) is 0 Å². The molecule has 1 amide bonds. The molecule has 27 heavy (non-hydrogen) atoms. The normalized spacial score (nSPS) is 11.8. The van der Waals surface area contributed by atoms with Crippen molar-refractivity contribution in [2.45, 2.75) is 17.4 Å². The van der Waals surface area contributed by atoms with E-state index in [1.54, 1.807) is 0 Å². The smallest absolute Gasteiger partial charge is 0.230 e. The molecule has 138 valence electrons. The quantitative estimate of drug-likeness (QED) is 0.571. The van der Waals surface area contributed by atoms with Gasteiger partial charge in [-0.1, -0.05) is 60.7 Å². The summed E-state index contributed by atoms with van der Waals surface area (Å²) in [5.41, 5.74) is 2.12. The Kier molecular flexibility index (Phi) is 6.60. The van der Waals surface area contributed by atoms with Gasteiger partial charge in [0.1, 0.15) is 11.6 Å². The van der Waals surface area contributed by atoms with E-state index in [1.165, 1.54) is 12.1 Å². The van der Waals surface area contributed by atoms with Gasteiger partial charge in [-0.15, -0.1) is 11.8 Å². The van der Waals surface area contributed by atoms with Crippen molar-refractivity contribution < 1.29 is 13.6 Å². The predicted octanol–water partition coefficient (Wildman–Crippen LogP) is 5.16. The molecule has 3 aromatic carbocycles. The number of carbonyl (C=O) groups excluding carboxylic acids is 1. The summed E-state index contributed by atoms with van der Waals surface area (Å²) in [6, 6.07) is 22.8. The van der Waals surface area contributed by atoms with Crippen LogP contribution in [-0.4, -0.2) is 11.7 Å². The van der Waals surface area contributed by atoms with Crippen LogP contribution in [0.4, 0.5) is 8.78 Å². The zero-order chi connectivity index (χ0) is 19.1. The summed E-state index contributed by atoms with van der Waals surface area (Å²) in [4.78, 5) is 12.7. The Bertz CT molecular complexity index is 887. The van der Waals surface area contributed by atoms with Gasteiger partial charge in [0.2, 0.25) is 5.91 Å². The first-order chi connectivity index (χ1) is 13.1. The van der Waals surface area contributed by atoms with Crippen LogP contribution in [0.5, 0.6) is 0 Å². The van der Waals surface area contributed by atoms with Gasteiger partial charge in [-0.05, 0) is 29.7 Å². The van der Waals surface area contributed by atoms with Crippen LogP contribution < -0.4 is 5.32 Å². The van der Waals surface area contributed by atoms with Crippen LogP contribution in [0.25, 0.3) is 0 Å². The molecule has 0 radical (unpaired) electrons. The van der Waals surface area contributed by atoms with Crippen molar-refractivity contribution in [3.8, 4) is 0 Å². The van der Waals surface area contributed by atoms with Gasteiger partial charge < -0.3 is 5.32 Å². The van der Waals surface area contributed by atoms with Gasteiger partial charge in [-0.2, -0.15) is 0 Å². The van der Waals surface area contributed by atoms with E-state index in [0.717, 1.165) is 29.0 Å². The molecule has 0 aliphatic carbocycles. The Balaban J connectivity index is 1.67. The monoisotopic (exact) mass is 383 g/mol. The summed E-state index contributed by atoms with van der Waals surface area (Å²) in [5.74, 6) is -1.43. The number of nitrogens with one attached hydrogen (secondary N) is 1. The molecule has 0 heterocycles. The zero-order valence-corrected chi connectivity index (χ0v) is 15.4. The van der Waals surface area contributed by atoms with Crippen LogP contribution in [-0.2, 0) is 11.2 Å². The fourth-order valence-electron chi connectivity index (χ4n) is 2.76. The standard InChI is InChI=1S/C22H19F2NOS/c23-18-11-12-21(19(24)14-18)27-15-22(26)25-20(17-9-5-2-6-10-17)13-16-7-3-1-4-8-16/h1-12,14,20H,13,15H2,(H,25,26).